The van der Waals surface area contributed by atoms with Crippen molar-refractivity contribution in [2.45, 2.75) is 54.8 Å². The molecule has 0 saturated carbocycles. The van der Waals surface area contributed by atoms with E-state index in [9.17, 15) is 55.9 Å². The van der Waals surface area contributed by atoms with Crippen LogP contribution in [0.3, 0.4) is 0 Å². The molecule has 15 nitrogen and oxygen atoms in total. The van der Waals surface area contributed by atoms with E-state index in [1.807, 2.05) is 0 Å². The summed E-state index contributed by atoms with van der Waals surface area (Å²) in [5.74, 6) is -5.97. The highest BCUT2D eigenvalue weighted by Crippen LogP contribution is 2.37. The zero-order chi connectivity index (χ0) is 25.4. The van der Waals surface area contributed by atoms with E-state index in [2.05, 4.69) is 0 Å². The number of carbonyl (C=O) groups is 1. The first-order valence-electron chi connectivity index (χ1n) is 10.0. The summed E-state index contributed by atoms with van der Waals surface area (Å²) in [6, 6.07) is 1.60. The number of aliphatic hydroxyl groups excluding tert-OH is 7. The number of hydrogen-bond donors (Lipinski definition) is 10. The second-order valence-electron chi connectivity index (χ2n) is 7.84. The van der Waals surface area contributed by atoms with Crippen LogP contribution in [0.5, 0.6) is 17.2 Å². The largest absolute Gasteiger partial charge is 0.504 e. The molecule has 34 heavy (non-hydrogen) atoms. The summed E-state index contributed by atoms with van der Waals surface area (Å²) in [7, 11) is 0. The van der Waals surface area contributed by atoms with Gasteiger partial charge in [0.05, 0.1) is 12.2 Å². The van der Waals surface area contributed by atoms with Crippen molar-refractivity contribution in [3.05, 3.63) is 17.7 Å². The van der Waals surface area contributed by atoms with Gasteiger partial charge in [-0.2, -0.15) is 0 Å². The van der Waals surface area contributed by atoms with E-state index in [1.165, 1.54) is 0 Å². The highest BCUT2D eigenvalue weighted by atomic mass is 16.8. The molecule has 2 aliphatic heterocycles. The maximum Gasteiger partial charge on any atom is 0.338 e. The molecule has 2 fully saturated rings. The van der Waals surface area contributed by atoms with E-state index in [0.717, 1.165) is 12.1 Å². The van der Waals surface area contributed by atoms with Gasteiger partial charge in [-0.3, -0.25) is 0 Å². The molecule has 0 aromatic heterocycles. The number of hydrogen-bond acceptors (Lipinski definition) is 15. The summed E-state index contributed by atoms with van der Waals surface area (Å²) in [5, 5.41) is 98.1. The van der Waals surface area contributed by atoms with E-state index in [-0.39, 0.29) is 5.56 Å². The quantitative estimate of drug-likeness (QED) is 0.127. The lowest BCUT2D eigenvalue weighted by Gasteiger charge is -2.43. The minimum Gasteiger partial charge on any atom is -0.504 e. The fourth-order valence-electron chi connectivity index (χ4n) is 3.58. The number of ether oxygens (including phenoxy) is 4. The molecule has 9 atom stereocenters. The van der Waals surface area contributed by atoms with Crippen molar-refractivity contribution in [2.75, 3.05) is 19.8 Å². The summed E-state index contributed by atoms with van der Waals surface area (Å²) in [6.45, 7) is -2.57. The molecule has 0 amide bonds. The monoisotopic (exact) mass is 494 g/mol. The zero-order valence-corrected chi connectivity index (χ0v) is 17.4. The number of aliphatic hydroxyl groups is 7. The van der Waals surface area contributed by atoms with Gasteiger partial charge in [0.2, 0.25) is 5.79 Å². The number of phenols is 3. The lowest BCUT2D eigenvalue weighted by Crippen LogP contribution is -2.62. The first kappa shape index (κ1) is 26.3. The Kier molecular flexibility index (Phi) is 7.83. The molecule has 10 N–H and O–H groups in total. The zero-order valence-electron chi connectivity index (χ0n) is 17.4. The fourth-order valence-corrected chi connectivity index (χ4v) is 3.58. The Morgan fingerprint density at radius 2 is 1.53 bits per heavy atom. The maximum absolute atomic E-state index is 12.2. The molecule has 2 heterocycles. The van der Waals surface area contributed by atoms with Gasteiger partial charge < -0.3 is 70.0 Å². The van der Waals surface area contributed by atoms with Gasteiger partial charge in [-0.25, -0.2) is 4.79 Å². The molecule has 1 aromatic carbocycles. The van der Waals surface area contributed by atoms with Gasteiger partial charge in [-0.1, -0.05) is 0 Å². The van der Waals surface area contributed by atoms with Crippen LogP contribution in [-0.2, 0) is 18.9 Å². The van der Waals surface area contributed by atoms with Crippen LogP contribution in [0.4, 0.5) is 0 Å². The normalized spacial score (nSPS) is 38.1. The predicted octanol–water partition coefficient (Wildman–Crippen LogP) is -4.41. The van der Waals surface area contributed by atoms with E-state index in [0.29, 0.717) is 0 Å². The van der Waals surface area contributed by atoms with Gasteiger partial charge in [-0.05, 0) is 12.1 Å². The lowest BCUT2D eigenvalue weighted by atomic mass is 9.99. The topological polar surface area (TPSA) is 256 Å². The number of benzene rings is 1. The summed E-state index contributed by atoms with van der Waals surface area (Å²) >= 11 is 0. The molecule has 1 aromatic rings. The van der Waals surface area contributed by atoms with Crippen molar-refractivity contribution in [3.63, 3.8) is 0 Å². The van der Waals surface area contributed by atoms with Gasteiger partial charge in [0.25, 0.3) is 0 Å². The van der Waals surface area contributed by atoms with Gasteiger partial charge in [0.1, 0.15) is 55.9 Å². The van der Waals surface area contributed by atoms with Crippen LogP contribution in [0.15, 0.2) is 12.1 Å². The SMILES string of the molecule is O=C(OCC1OC(OC2(CO)OC(CO)C(O)C2O)C(O)C(O)C1O)c1cc(O)c(O)c(O)c1. The number of aromatic hydroxyl groups is 3. The molecule has 3 rings (SSSR count). The number of carbonyl (C=O) groups excluding carboxylic acids is 1. The predicted molar refractivity (Wildman–Crippen MR) is 103 cm³/mol. The summed E-state index contributed by atoms with van der Waals surface area (Å²) in [6.07, 6.45) is -14.0. The molecule has 192 valence electrons. The minimum atomic E-state index is -2.37. The minimum absolute atomic E-state index is 0.378. The highest BCUT2D eigenvalue weighted by molar-refractivity contribution is 5.91. The van der Waals surface area contributed by atoms with Crippen LogP contribution in [0.25, 0.3) is 0 Å². The van der Waals surface area contributed by atoms with Gasteiger partial charge >= 0.3 is 5.97 Å². The second-order valence-corrected chi connectivity index (χ2v) is 7.84. The Morgan fingerprint density at radius 1 is 0.912 bits per heavy atom. The fraction of sp³-hybridized carbons (Fsp3) is 0.632. The average molecular weight is 494 g/mol. The standard InChI is InChI=1S/C19H26O15/c20-3-9-13(26)16(29)19(5-21,33-9)34-18-15(28)14(27)12(25)10(32-18)4-31-17(30)6-1-7(22)11(24)8(23)2-6/h1-2,9-10,12-16,18,20-29H,3-5H2. The van der Waals surface area contributed by atoms with E-state index in [4.69, 9.17) is 18.9 Å². The third-order valence-electron chi connectivity index (χ3n) is 5.57. The van der Waals surface area contributed by atoms with E-state index in [1.54, 1.807) is 0 Å². The lowest BCUT2D eigenvalue weighted by molar-refractivity contribution is -0.383. The Balaban J connectivity index is 1.72. The van der Waals surface area contributed by atoms with E-state index >= 15 is 0 Å². The van der Waals surface area contributed by atoms with Crippen molar-refractivity contribution >= 4 is 5.97 Å². The van der Waals surface area contributed by atoms with Crippen molar-refractivity contribution in [3.8, 4) is 17.2 Å². The second kappa shape index (κ2) is 10.1. The van der Waals surface area contributed by atoms with Crippen LogP contribution in [0.2, 0.25) is 0 Å². The molecule has 0 aliphatic carbocycles. The molecule has 0 bridgehead atoms. The molecular weight excluding hydrogens is 468 g/mol. The van der Waals surface area contributed by atoms with Crippen LogP contribution >= 0.6 is 0 Å². The Labute approximate surface area is 191 Å². The van der Waals surface area contributed by atoms with Crippen LogP contribution in [0, 0.1) is 0 Å². The summed E-state index contributed by atoms with van der Waals surface area (Å²) in [4.78, 5) is 12.2. The van der Waals surface area contributed by atoms with Gasteiger partial charge in [0.15, 0.2) is 23.5 Å². The summed E-state index contributed by atoms with van der Waals surface area (Å²) < 4.78 is 20.8. The first-order valence-corrected chi connectivity index (χ1v) is 10.0. The Morgan fingerprint density at radius 3 is 2.06 bits per heavy atom. The Bertz CT molecular complexity index is 856. The van der Waals surface area contributed by atoms with Crippen LogP contribution in [-0.4, -0.2) is 132 Å². The van der Waals surface area contributed by atoms with Gasteiger partial charge in [-0.15, -0.1) is 0 Å². The van der Waals surface area contributed by atoms with E-state index < -0.39 is 97.8 Å². The first-order chi connectivity index (χ1) is 16.0. The number of phenolic OH excluding ortho intramolecular Hbond substituents is 3. The van der Waals surface area contributed by atoms with Crippen molar-refractivity contribution < 1.29 is 74.8 Å². The molecule has 15 heteroatoms. The third-order valence-corrected chi connectivity index (χ3v) is 5.57. The summed E-state index contributed by atoms with van der Waals surface area (Å²) in [5.41, 5.74) is -0.378. The van der Waals surface area contributed by atoms with Crippen LogP contribution in [0.1, 0.15) is 10.4 Å². The van der Waals surface area contributed by atoms with Crippen molar-refractivity contribution in [2.24, 2.45) is 0 Å². The Hall–Kier alpha value is -2.31. The molecule has 0 spiro atoms. The number of esters is 1. The highest BCUT2D eigenvalue weighted by Gasteiger charge is 2.58. The third kappa shape index (κ3) is 4.76. The maximum atomic E-state index is 12.2. The van der Waals surface area contributed by atoms with Crippen molar-refractivity contribution in [1.82, 2.24) is 0 Å². The van der Waals surface area contributed by atoms with Crippen molar-refractivity contribution in [1.29, 1.82) is 0 Å². The molecule has 0 radical (unpaired) electrons. The molecule has 2 aliphatic rings. The molecule has 2 saturated heterocycles. The molecular formula is C19H26O15. The average Bonchev–Trinajstić information content (AvgIpc) is 3.06. The van der Waals surface area contributed by atoms with Gasteiger partial charge in [0, 0.05) is 0 Å². The molecule has 9 unspecified atom stereocenters. The number of rotatable bonds is 7. The smallest absolute Gasteiger partial charge is 0.338 e. The van der Waals surface area contributed by atoms with Crippen LogP contribution < -0.4 is 0 Å².